The van der Waals surface area contributed by atoms with Crippen LogP contribution < -0.4 is 38.0 Å². The summed E-state index contributed by atoms with van der Waals surface area (Å²) in [7, 11) is 0. The molecule has 12 heteroatoms. The van der Waals surface area contributed by atoms with E-state index in [0.29, 0.717) is 41.2 Å². The third-order valence-electron chi connectivity index (χ3n) is 6.38. The van der Waals surface area contributed by atoms with Gasteiger partial charge < -0.3 is 26.9 Å². The van der Waals surface area contributed by atoms with Crippen LogP contribution in [0.5, 0.6) is 5.75 Å². The van der Waals surface area contributed by atoms with Gasteiger partial charge in [-0.2, -0.15) is 5.48 Å². The number of nitrogens with one attached hydrogen (secondary N) is 4. The number of nitrogens with two attached hydrogens (primary N) is 2. The van der Waals surface area contributed by atoms with Crippen LogP contribution in [-0.4, -0.2) is 33.9 Å². The minimum absolute atomic E-state index is 0.0399. The molecule has 4 rings (SSSR count). The van der Waals surface area contributed by atoms with Crippen LogP contribution in [0, 0.1) is 11.2 Å². The van der Waals surface area contributed by atoms with Crippen molar-refractivity contribution in [2.75, 3.05) is 17.6 Å². The number of amides is 1. The molecule has 0 radical (unpaired) electrons. The van der Waals surface area contributed by atoms with Gasteiger partial charge in [-0.25, -0.2) is 9.37 Å². The predicted molar refractivity (Wildman–Crippen MR) is 165 cm³/mol. The summed E-state index contributed by atoms with van der Waals surface area (Å²) in [4.78, 5) is 36.5. The summed E-state index contributed by atoms with van der Waals surface area (Å²) in [5, 5.41) is 13.4. The summed E-state index contributed by atoms with van der Waals surface area (Å²) in [6.45, 7) is 4.18. The summed E-state index contributed by atoms with van der Waals surface area (Å²) >= 11 is 0. The highest BCUT2D eigenvalue weighted by atomic mass is 19.1. The fourth-order valence-corrected chi connectivity index (χ4v) is 4.26. The van der Waals surface area contributed by atoms with Crippen LogP contribution in [0.3, 0.4) is 0 Å². The fourth-order valence-electron chi connectivity index (χ4n) is 4.26. The fraction of sp³-hybridized carbons (Fsp3) is 0.226. The Balaban J connectivity index is 1.52. The molecule has 0 saturated heterocycles. The zero-order valence-corrected chi connectivity index (χ0v) is 24.0. The monoisotopic (exact) mass is 586 g/mol. The first-order chi connectivity index (χ1) is 20.6. The molecular formula is C31H35FN8O3. The van der Waals surface area contributed by atoms with Gasteiger partial charge in [-0.05, 0) is 55.7 Å². The van der Waals surface area contributed by atoms with Crippen molar-refractivity contribution in [3.8, 4) is 17.0 Å². The maximum atomic E-state index is 13.5. The normalized spacial score (nSPS) is 10.9. The van der Waals surface area contributed by atoms with Crippen molar-refractivity contribution in [2.24, 2.45) is 5.73 Å². The Morgan fingerprint density at radius 3 is 2.44 bits per heavy atom. The van der Waals surface area contributed by atoms with Gasteiger partial charge in [-0.1, -0.05) is 36.4 Å². The van der Waals surface area contributed by atoms with Gasteiger partial charge in [-0.3, -0.25) is 19.6 Å². The molecule has 0 saturated carbocycles. The Hall–Kier alpha value is -5.23. The van der Waals surface area contributed by atoms with Crippen LogP contribution in [0.25, 0.3) is 11.3 Å². The summed E-state index contributed by atoms with van der Waals surface area (Å²) in [5.41, 5.74) is 17.7. The third kappa shape index (κ3) is 8.63. The molecule has 0 bridgehead atoms. The highest BCUT2D eigenvalue weighted by Crippen LogP contribution is 2.27. The number of carbonyl (C=O) groups excluding carboxylic acids is 1. The molecule has 3 aromatic carbocycles. The second-order valence-corrected chi connectivity index (χ2v) is 10.2. The molecule has 0 unspecified atom stereocenters. The lowest BCUT2D eigenvalue weighted by molar-refractivity contribution is -0.121. The number of hydroxylamine groups is 1. The largest absolute Gasteiger partial charge is 0.409 e. The highest BCUT2D eigenvalue weighted by molar-refractivity contribution is 5.94. The van der Waals surface area contributed by atoms with E-state index in [1.54, 1.807) is 54.6 Å². The maximum absolute atomic E-state index is 13.5. The number of halogens is 1. The van der Waals surface area contributed by atoms with Crippen molar-refractivity contribution in [3.63, 3.8) is 0 Å². The molecule has 0 atom stereocenters. The van der Waals surface area contributed by atoms with E-state index in [9.17, 15) is 14.0 Å². The summed E-state index contributed by atoms with van der Waals surface area (Å²) in [5.74, 6) is -0.199. The molecule has 0 aliphatic heterocycles. The quantitative estimate of drug-likeness (QED) is 0.0456. The lowest BCUT2D eigenvalue weighted by Crippen LogP contribution is -2.35. The minimum Gasteiger partial charge on any atom is -0.409 e. The first-order valence-corrected chi connectivity index (χ1v) is 13.7. The van der Waals surface area contributed by atoms with Gasteiger partial charge in [-0.15, -0.1) is 0 Å². The molecule has 11 nitrogen and oxygen atoms in total. The van der Waals surface area contributed by atoms with Gasteiger partial charge in [0.05, 0.1) is 11.9 Å². The van der Waals surface area contributed by atoms with Crippen molar-refractivity contribution in [2.45, 2.75) is 39.4 Å². The molecule has 0 aliphatic rings. The summed E-state index contributed by atoms with van der Waals surface area (Å²) in [6.07, 6.45) is 2.12. The average molecular weight is 587 g/mol. The van der Waals surface area contributed by atoms with E-state index >= 15 is 0 Å². The van der Waals surface area contributed by atoms with E-state index < -0.39 is 5.56 Å². The highest BCUT2D eigenvalue weighted by Gasteiger charge is 2.17. The minimum atomic E-state index is -0.463. The molecule has 0 fully saturated rings. The standard InChI is InChI=1S/C31H35FN8O3/c1-19(2)39-30-31(42)40(18-28(41)36-16-21-3-7-22(8-4-21)29(34)35)27(17-37-30)23-13-25(33)15-26(14-23)43-38-12-11-20-5-9-24(32)10-6-20/h3-10,13-15,17,19,38H,11-12,16,18,33H2,1-2H3,(H3,34,35)(H,36,41)(H,37,39). The number of nitrogens with zero attached hydrogens (tertiary/aromatic N) is 2. The Morgan fingerprint density at radius 1 is 1.07 bits per heavy atom. The lowest BCUT2D eigenvalue weighted by Gasteiger charge is -2.17. The van der Waals surface area contributed by atoms with Gasteiger partial charge >= 0.3 is 0 Å². The number of carbonyl (C=O) groups is 1. The number of nitrogen functional groups attached to an aromatic ring is 2. The number of aromatic nitrogens is 2. The average Bonchev–Trinajstić information content (AvgIpc) is 2.97. The number of anilines is 2. The molecule has 0 aliphatic carbocycles. The molecule has 0 spiro atoms. The Morgan fingerprint density at radius 2 is 1.77 bits per heavy atom. The van der Waals surface area contributed by atoms with Crippen LogP contribution in [0.2, 0.25) is 0 Å². The van der Waals surface area contributed by atoms with Crippen molar-refractivity contribution < 1.29 is 14.0 Å². The van der Waals surface area contributed by atoms with Gasteiger partial charge in [0.15, 0.2) is 5.82 Å². The van der Waals surface area contributed by atoms with E-state index in [1.807, 2.05) is 13.8 Å². The van der Waals surface area contributed by atoms with Gasteiger partial charge in [0.2, 0.25) is 5.91 Å². The Bertz CT molecular complexity index is 1640. The van der Waals surface area contributed by atoms with Gasteiger partial charge in [0, 0.05) is 42.0 Å². The third-order valence-corrected chi connectivity index (χ3v) is 6.38. The zero-order valence-electron chi connectivity index (χ0n) is 24.0. The van der Waals surface area contributed by atoms with Crippen molar-refractivity contribution >= 4 is 23.2 Å². The number of rotatable bonds is 13. The van der Waals surface area contributed by atoms with Crippen LogP contribution in [0.15, 0.2) is 77.7 Å². The van der Waals surface area contributed by atoms with Crippen molar-refractivity contribution in [1.29, 1.82) is 5.41 Å². The number of hydrogen-bond acceptors (Lipinski definition) is 8. The molecular weight excluding hydrogens is 551 g/mol. The first-order valence-electron chi connectivity index (χ1n) is 13.7. The lowest BCUT2D eigenvalue weighted by atomic mass is 10.1. The van der Waals surface area contributed by atoms with Crippen molar-refractivity contribution in [3.05, 3.63) is 106 Å². The van der Waals surface area contributed by atoms with Gasteiger partial charge in [0.25, 0.3) is 5.56 Å². The van der Waals surface area contributed by atoms with E-state index in [1.165, 1.54) is 22.9 Å². The zero-order chi connectivity index (χ0) is 30.9. The molecule has 1 amide bonds. The topological polar surface area (TPSA) is 173 Å². The SMILES string of the molecule is CC(C)Nc1ncc(-c2cc(N)cc(ONCCc3ccc(F)cc3)c2)n(CC(=O)NCc2ccc(C(=N)N)cc2)c1=O. The van der Waals surface area contributed by atoms with Gasteiger partial charge in [0.1, 0.15) is 23.9 Å². The van der Waals surface area contributed by atoms with Crippen LogP contribution >= 0.6 is 0 Å². The molecule has 1 heterocycles. The second kappa shape index (κ2) is 14.1. The van der Waals surface area contributed by atoms with Crippen LogP contribution in [0.4, 0.5) is 15.9 Å². The van der Waals surface area contributed by atoms with E-state index in [-0.39, 0.29) is 42.5 Å². The number of benzene rings is 3. The molecule has 8 N–H and O–H groups in total. The molecule has 43 heavy (non-hydrogen) atoms. The number of hydrogen-bond donors (Lipinski definition) is 6. The molecule has 4 aromatic rings. The molecule has 1 aromatic heterocycles. The second-order valence-electron chi connectivity index (χ2n) is 10.2. The maximum Gasteiger partial charge on any atom is 0.294 e. The van der Waals surface area contributed by atoms with E-state index in [2.05, 4.69) is 21.1 Å². The number of amidine groups is 1. The van der Waals surface area contributed by atoms with Crippen LogP contribution in [-0.2, 0) is 24.3 Å². The first kappa shape index (κ1) is 30.7. The van der Waals surface area contributed by atoms with E-state index in [4.69, 9.17) is 21.7 Å². The van der Waals surface area contributed by atoms with Crippen LogP contribution in [0.1, 0.15) is 30.5 Å². The summed E-state index contributed by atoms with van der Waals surface area (Å²) in [6, 6.07) is 18.1. The smallest absolute Gasteiger partial charge is 0.294 e. The molecule has 224 valence electrons. The summed E-state index contributed by atoms with van der Waals surface area (Å²) < 4.78 is 14.5. The van der Waals surface area contributed by atoms with Crippen molar-refractivity contribution in [1.82, 2.24) is 20.3 Å². The Kier molecular flexibility index (Phi) is 10.1. The Labute approximate surface area is 248 Å². The van der Waals surface area contributed by atoms with E-state index in [0.717, 1.165) is 11.1 Å². The predicted octanol–water partition coefficient (Wildman–Crippen LogP) is 3.18.